The van der Waals surface area contributed by atoms with Gasteiger partial charge in [0, 0.05) is 6.42 Å². The fraction of sp³-hybridized carbons (Fsp3) is 0.737. The standard InChI is InChI=1S/C19H34O2Si/c1-8-9-10-11-12-18(20)14-13-17(2)15-16-21-22(6,7)19(3,4)5/h15H,8-12,16H2,1-7H3/b17-15+. The summed E-state index contributed by atoms with van der Waals surface area (Å²) in [5, 5.41) is 0.217. The van der Waals surface area contributed by atoms with Crippen LogP contribution in [-0.4, -0.2) is 20.7 Å². The number of unbranched alkanes of at least 4 members (excludes halogenated alkanes) is 3. The highest BCUT2D eigenvalue weighted by atomic mass is 28.4. The first-order chi connectivity index (χ1) is 10.1. The number of ketones is 1. The summed E-state index contributed by atoms with van der Waals surface area (Å²) >= 11 is 0. The van der Waals surface area contributed by atoms with Gasteiger partial charge < -0.3 is 4.43 Å². The third kappa shape index (κ3) is 9.22. The van der Waals surface area contributed by atoms with Gasteiger partial charge in [-0.3, -0.25) is 4.79 Å². The molecule has 0 heterocycles. The number of carbonyl (C=O) groups is 1. The summed E-state index contributed by atoms with van der Waals surface area (Å²) in [4.78, 5) is 11.6. The Bertz CT molecular complexity index is 431. The largest absolute Gasteiger partial charge is 0.413 e. The van der Waals surface area contributed by atoms with Crippen molar-refractivity contribution in [3.63, 3.8) is 0 Å². The molecule has 0 N–H and O–H groups in total. The number of hydrogen-bond acceptors (Lipinski definition) is 2. The van der Waals surface area contributed by atoms with Crippen molar-refractivity contribution >= 4 is 14.1 Å². The Labute approximate surface area is 138 Å². The number of carbonyl (C=O) groups excluding carboxylic acids is 1. The second kappa shape index (κ2) is 10.0. The number of allylic oxidation sites excluding steroid dienone is 1. The topological polar surface area (TPSA) is 26.3 Å². The van der Waals surface area contributed by atoms with Crippen molar-refractivity contribution in [1.82, 2.24) is 0 Å². The van der Waals surface area contributed by atoms with Gasteiger partial charge >= 0.3 is 0 Å². The third-order valence-electron chi connectivity index (χ3n) is 4.30. The molecule has 0 atom stereocenters. The van der Waals surface area contributed by atoms with Crippen molar-refractivity contribution in [3.8, 4) is 11.8 Å². The van der Waals surface area contributed by atoms with Crippen LogP contribution in [0.15, 0.2) is 11.6 Å². The third-order valence-corrected chi connectivity index (χ3v) is 8.80. The van der Waals surface area contributed by atoms with Gasteiger partial charge in [0.2, 0.25) is 5.78 Å². The summed E-state index contributed by atoms with van der Waals surface area (Å²) in [6, 6.07) is 0. The molecule has 0 spiro atoms. The van der Waals surface area contributed by atoms with E-state index in [9.17, 15) is 4.79 Å². The molecule has 0 aliphatic heterocycles. The van der Waals surface area contributed by atoms with E-state index in [2.05, 4.69) is 52.6 Å². The molecule has 0 aliphatic rings. The highest BCUT2D eigenvalue weighted by molar-refractivity contribution is 6.74. The molecule has 0 aromatic heterocycles. The molecule has 0 aromatic rings. The normalized spacial score (nSPS) is 12.8. The molecular weight excluding hydrogens is 288 g/mol. The summed E-state index contributed by atoms with van der Waals surface area (Å²) in [5.41, 5.74) is 0.917. The van der Waals surface area contributed by atoms with Crippen LogP contribution in [0.5, 0.6) is 0 Å². The fourth-order valence-electron chi connectivity index (χ4n) is 1.59. The zero-order chi connectivity index (χ0) is 17.2. The first kappa shape index (κ1) is 21.1. The first-order valence-electron chi connectivity index (χ1n) is 8.45. The van der Waals surface area contributed by atoms with Crippen LogP contribution in [0.25, 0.3) is 0 Å². The number of rotatable bonds is 8. The molecule has 0 radical (unpaired) electrons. The van der Waals surface area contributed by atoms with Crippen LogP contribution >= 0.6 is 0 Å². The zero-order valence-electron chi connectivity index (χ0n) is 15.6. The van der Waals surface area contributed by atoms with Crippen molar-refractivity contribution < 1.29 is 9.22 Å². The molecule has 0 aliphatic carbocycles. The average Bonchev–Trinajstić information content (AvgIpc) is 2.40. The Morgan fingerprint density at radius 3 is 2.32 bits per heavy atom. The van der Waals surface area contributed by atoms with Crippen molar-refractivity contribution in [2.45, 2.75) is 84.9 Å². The highest BCUT2D eigenvalue weighted by Gasteiger charge is 2.36. The molecule has 0 aromatic carbocycles. The van der Waals surface area contributed by atoms with E-state index in [-0.39, 0.29) is 10.8 Å². The van der Waals surface area contributed by atoms with Gasteiger partial charge in [-0.05, 0) is 49.0 Å². The van der Waals surface area contributed by atoms with E-state index >= 15 is 0 Å². The second-order valence-corrected chi connectivity index (χ2v) is 12.3. The fourth-order valence-corrected chi connectivity index (χ4v) is 2.52. The Morgan fingerprint density at radius 1 is 1.14 bits per heavy atom. The molecule has 2 nitrogen and oxygen atoms in total. The van der Waals surface area contributed by atoms with Gasteiger partial charge in [0.15, 0.2) is 8.32 Å². The molecule has 0 unspecified atom stereocenters. The SMILES string of the molecule is CCCCCCC(=O)C#C/C(C)=C/CO[Si](C)(C)C(C)(C)C. The van der Waals surface area contributed by atoms with E-state index in [1.165, 1.54) is 12.8 Å². The van der Waals surface area contributed by atoms with Gasteiger partial charge in [-0.25, -0.2) is 0 Å². The molecule has 22 heavy (non-hydrogen) atoms. The van der Waals surface area contributed by atoms with Crippen LogP contribution in [0.2, 0.25) is 18.1 Å². The van der Waals surface area contributed by atoms with Gasteiger partial charge in [0.1, 0.15) is 0 Å². The van der Waals surface area contributed by atoms with Crippen LogP contribution in [0.4, 0.5) is 0 Å². The smallest absolute Gasteiger partial charge is 0.205 e. The van der Waals surface area contributed by atoms with Crippen LogP contribution in [0.1, 0.15) is 66.7 Å². The van der Waals surface area contributed by atoms with E-state index in [0.29, 0.717) is 13.0 Å². The van der Waals surface area contributed by atoms with Gasteiger partial charge in [-0.2, -0.15) is 0 Å². The molecule has 0 amide bonds. The molecule has 126 valence electrons. The Kier molecular flexibility index (Phi) is 9.63. The lowest BCUT2D eigenvalue weighted by Gasteiger charge is -2.35. The van der Waals surface area contributed by atoms with Crippen LogP contribution in [0, 0.1) is 11.8 Å². The van der Waals surface area contributed by atoms with E-state index in [1.807, 2.05) is 13.0 Å². The minimum Gasteiger partial charge on any atom is -0.413 e. The summed E-state index contributed by atoms with van der Waals surface area (Å²) in [6.07, 6.45) is 7.04. The van der Waals surface area contributed by atoms with Crippen molar-refractivity contribution in [3.05, 3.63) is 11.6 Å². The average molecular weight is 323 g/mol. The van der Waals surface area contributed by atoms with Crippen LogP contribution in [0.3, 0.4) is 0 Å². The summed E-state index contributed by atoms with van der Waals surface area (Å²) in [6.45, 7) is 15.9. The summed E-state index contributed by atoms with van der Waals surface area (Å²) in [5.74, 6) is 5.73. The van der Waals surface area contributed by atoms with Crippen LogP contribution in [-0.2, 0) is 9.22 Å². The molecular formula is C19H34O2Si. The van der Waals surface area contributed by atoms with E-state index < -0.39 is 8.32 Å². The number of hydrogen-bond donors (Lipinski definition) is 0. The molecule has 0 fully saturated rings. The monoisotopic (exact) mass is 322 g/mol. The van der Waals surface area contributed by atoms with Crippen LogP contribution < -0.4 is 0 Å². The predicted molar refractivity (Wildman–Crippen MR) is 98.4 cm³/mol. The van der Waals surface area contributed by atoms with Gasteiger partial charge in [0.25, 0.3) is 0 Å². The molecule has 0 bridgehead atoms. The van der Waals surface area contributed by atoms with E-state index in [0.717, 1.165) is 18.4 Å². The predicted octanol–water partition coefficient (Wildman–Crippen LogP) is 5.50. The lowest BCUT2D eigenvalue weighted by molar-refractivity contribution is -0.113. The first-order valence-corrected chi connectivity index (χ1v) is 11.4. The summed E-state index contributed by atoms with van der Waals surface area (Å²) < 4.78 is 6.07. The van der Waals surface area contributed by atoms with E-state index in [4.69, 9.17) is 4.43 Å². The zero-order valence-corrected chi connectivity index (χ0v) is 16.6. The van der Waals surface area contributed by atoms with E-state index in [1.54, 1.807) is 0 Å². The minimum absolute atomic E-state index is 0.0502. The maximum Gasteiger partial charge on any atom is 0.205 e. The molecule has 0 saturated heterocycles. The lowest BCUT2D eigenvalue weighted by Crippen LogP contribution is -2.40. The van der Waals surface area contributed by atoms with Gasteiger partial charge in [-0.1, -0.05) is 52.9 Å². The van der Waals surface area contributed by atoms with Crippen molar-refractivity contribution in [2.24, 2.45) is 0 Å². The number of Topliss-reactive ketones (excluding diaryl/α,β-unsaturated/α-hetero) is 1. The Hall–Kier alpha value is -0.853. The minimum atomic E-state index is -1.70. The molecule has 3 heteroatoms. The maximum absolute atomic E-state index is 11.6. The van der Waals surface area contributed by atoms with Crippen molar-refractivity contribution in [1.29, 1.82) is 0 Å². The van der Waals surface area contributed by atoms with Gasteiger partial charge in [0.05, 0.1) is 6.61 Å². The maximum atomic E-state index is 11.6. The molecule has 0 saturated carbocycles. The van der Waals surface area contributed by atoms with Crippen molar-refractivity contribution in [2.75, 3.05) is 6.61 Å². The lowest BCUT2D eigenvalue weighted by atomic mass is 10.1. The second-order valence-electron chi connectivity index (χ2n) is 7.44. The summed E-state index contributed by atoms with van der Waals surface area (Å²) in [7, 11) is -1.70. The molecule has 0 rings (SSSR count). The quantitative estimate of drug-likeness (QED) is 0.255. The van der Waals surface area contributed by atoms with Gasteiger partial charge in [-0.15, -0.1) is 0 Å². The Morgan fingerprint density at radius 2 is 1.77 bits per heavy atom. The highest BCUT2D eigenvalue weighted by Crippen LogP contribution is 2.36. The Balaban J connectivity index is 4.25.